The summed E-state index contributed by atoms with van der Waals surface area (Å²) in [5.74, 6) is -0.198. The van der Waals surface area contributed by atoms with Crippen LogP contribution >= 0.6 is 0 Å². The maximum atomic E-state index is 10.6. The van der Waals surface area contributed by atoms with Gasteiger partial charge in [-0.05, 0) is 49.1 Å². The lowest BCUT2D eigenvalue weighted by Gasteiger charge is -2.05. The SMILES string of the molecule is CC(=O)OCCCCc1ccc(-n2cccc2)cc1. The van der Waals surface area contributed by atoms with E-state index in [0.717, 1.165) is 19.3 Å². The molecule has 2 aromatic rings. The Balaban J connectivity index is 1.78. The molecular formula is C16H19NO2. The second kappa shape index (κ2) is 6.78. The minimum atomic E-state index is -0.198. The summed E-state index contributed by atoms with van der Waals surface area (Å²) < 4.78 is 6.99. The van der Waals surface area contributed by atoms with Crippen LogP contribution in [0, 0.1) is 0 Å². The number of carbonyl (C=O) groups excluding carboxylic acids is 1. The molecule has 0 saturated heterocycles. The number of hydrogen-bond acceptors (Lipinski definition) is 2. The van der Waals surface area contributed by atoms with Crippen molar-refractivity contribution in [3.05, 3.63) is 54.4 Å². The summed E-state index contributed by atoms with van der Waals surface area (Å²) in [5.41, 5.74) is 2.49. The van der Waals surface area contributed by atoms with E-state index in [-0.39, 0.29) is 5.97 Å². The molecule has 1 aromatic heterocycles. The normalized spacial score (nSPS) is 10.4. The van der Waals surface area contributed by atoms with E-state index in [9.17, 15) is 4.79 Å². The Hall–Kier alpha value is -2.03. The molecule has 19 heavy (non-hydrogen) atoms. The molecule has 0 N–H and O–H groups in total. The van der Waals surface area contributed by atoms with E-state index in [0.29, 0.717) is 6.61 Å². The highest BCUT2D eigenvalue weighted by Gasteiger charge is 1.98. The molecule has 2 rings (SSSR count). The maximum absolute atomic E-state index is 10.6. The first kappa shape index (κ1) is 13.4. The Kier molecular flexibility index (Phi) is 4.78. The van der Waals surface area contributed by atoms with Crippen molar-refractivity contribution < 1.29 is 9.53 Å². The lowest BCUT2D eigenvalue weighted by Crippen LogP contribution is -2.00. The van der Waals surface area contributed by atoms with E-state index in [1.54, 1.807) is 0 Å². The predicted octanol–water partition coefficient (Wildman–Crippen LogP) is 3.36. The first-order valence-corrected chi connectivity index (χ1v) is 6.61. The Morgan fingerprint density at radius 1 is 1.11 bits per heavy atom. The van der Waals surface area contributed by atoms with Gasteiger partial charge in [-0.3, -0.25) is 4.79 Å². The van der Waals surface area contributed by atoms with Gasteiger partial charge in [0.05, 0.1) is 6.61 Å². The first-order chi connectivity index (χ1) is 9.25. The van der Waals surface area contributed by atoms with E-state index in [2.05, 4.69) is 28.8 Å². The maximum Gasteiger partial charge on any atom is 0.302 e. The van der Waals surface area contributed by atoms with Crippen LogP contribution in [0.15, 0.2) is 48.8 Å². The van der Waals surface area contributed by atoms with Gasteiger partial charge in [-0.1, -0.05) is 12.1 Å². The summed E-state index contributed by atoms with van der Waals surface area (Å²) in [6.07, 6.45) is 7.05. The van der Waals surface area contributed by atoms with E-state index in [1.807, 2.05) is 24.5 Å². The molecule has 100 valence electrons. The summed E-state index contributed by atoms with van der Waals surface area (Å²) in [6, 6.07) is 12.6. The molecule has 0 unspecified atom stereocenters. The van der Waals surface area contributed by atoms with Crippen LogP contribution in [0.5, 0.6) is 0 Å². The zero-order chi connectivity index (χ0) is 13.5. The number of esters is 1. The van der Waals surface area contributed by atoms with Gasteiger partial charge in [-0.15, -0.1) is 0 Å². The average molecular weight is 257 g/mol. The predicted molar refractivity (Wildman–Crippen MR) is 75.3 cm³/mol. The molecule has 0 radical (unpaired) electrons. The zero-order valence-corrected chi connectivity index (χ0v) is 11.2. The van der Waals surface area contributed by atoms with Crippen molar-refractivity contribution in [2.24, 2.45) is 0 Å². The number of rotatable bonds is 6. The van der Waals surface area contributed by atoms with Crippen molar-refractivity contribution in [3.8, 4) is 5.69 Å². The fraction of sp³-hybridized carbons (Fsp3) is 0.312. The Bertz CT molecular complexity index is 500. The molecule has 1 heterocycles. The van der Waals surface area contributed by atoms with E-state index in [4.69, 9.17) is 4.74 Å². The van der Waals surface area contributed by atoms with Gasteiger partial charge in [0.25, 0.3) is 0 Å². The van der Waals surface area contributed by atoms with Gasteiger partial charge in [0, 0.05) is 25.0 Å². The topological polar surface area (TPSA) is 31.2 Å². The average Bonchev–Trinajstić information content (AvgIpc) is 2.93. The van der Waals surface area contributed by atoms with Crippen LogP contribution in [0.2, 0.25) is 0 Å². The molecular weight excluding hydrogens is 238 g/mol. The highest BCUT2D eigenvalue weighted by atomic mass is 16.5. The number of aryl methyl sites for hydroxylation is 1. The molecule has 0 atom stereocenters. The third-order valence-electron chi connectivity index (χ3n) is 3.00. The van der Waals surface area contributed by atoms with Crippen molar-refractivity contribution in [2.45, 2.75) is 26.2 Å². The van der Waals surface area contributed by atoms with Gasteiger partial charge in [0.15, 0.2) is 0 Å². The number of ether oxygens (including phenoxy) is 1. The Labute approximate surface area is 113 Å². The number of carbonyl (C=O) groups is 1. The summed E-state index contributed by atoms with van der Waals surface area (Å²) in [4.78, 5) is 10.6. The van der Waals surface area contributed by atoms with Crippen LogP contribution in [0.4, 0.5) is 0 Å². The largest absolute Gasteiger partial charge is 0.466 e. The van der Waals surface area contributed by atoms with Crippen LogP contribution in [-0.2, 0) is 16.0 Å². The Morgan fingerprint density at radius 3 is 2.42 bits per heavy atom. The number of unbranched alkanes of at least 4 members (excludes halogenated alkanes) is 1. The van der Waals surface area contributed by atoms with E-state index in [1.165, 1.54) is 18.2 Å². The molecule has 0 bridgehead atoms. The number of aromatic nitrogens is 1. The van der Waals surface area contributed by atoms with Gasteiger partial charge in [0.1, 0.15) is 0 Å². The molecule has 3 heteroatoms. The molecule has 0 aliphatic carbocycles. The van der Waals surface area contributed by atoms with Crippen molar-refractivity contribution in [2.75, 3.05) is 6.61 Å². The summed E-state index contributed by atoms with van der Waals surface area (Å²) in [5, 5.41) is 0. The van der Waals surface area contributed by atoms with Crippen molar-refractivity contribution in [1.29, 1.82) is 0 Å². The van der Waals surface area contributed by atoms with Gasteiger partial charge < -0.3 is 9.30 Å². The number of benzene rings is 1. The molecule has 0 spiro atoms. The van der Waals surface area contributed by atoms with Crippen LogP contribution in [-0.4, -0.2) is 17.1 Å². The molecule has 0 fully saturated rings. The molecule has 0 aliphatic rings. The second-order valence-corrected chi connectivity index (χ2v) is 4.55. The number of hydrogen-bond donors (Lipinski definition) is 0. The summed E-state index contributed by atoms with van der Waals surface area (Å²) >= 11 is 0. The van der Waals surface area contributed by atoms with Gasteiger partial charge in [0.2, 0.25) is 0 Å². The summed E-state index contributed by atoms with van der Waals surface area (Å²) in [7, 11) is 0. The van der Waals surface area contributed by atoms with E-state index >= 15 is 0 Å². The lowest BCUT2D eigenvalue weighted by atomic mass is 10.1. The molecule has 3 nitrogen and oxygen atoms in total. The van der Waals surface area contributed by atoms with Gasteiger partial charge >= 0.3 is 5.97 Å². The standard InChI is InChI=1S/C16H19NO2/c1-14(18)19-13-5-2-6-15-7-9-16(10-8-15)17-11-3-4-12-17/h3-4,7-12H,2,5-6,13H2,1H3. The lowest BCUT2D eigenvalue weighted by molar-refractivity contribution is -0.141. The Morgan fingerprint density at radius 2 is 1.79 bits per heavy atom. The monoisotopic (exact) mass is 257 g/mol. The third kappa shape index (κ3) is 4.28. The quantitative estimate of drug-likeness (QED) is 0.587. The highest BCUT2D eigenvalue weighted by Crippen LogP contribution is 2.12. The molecule has 0 saturated carbocycles. The van der Waals surface area contributed by atoms with Crippen LogP contribution < -0.4 is 0 Å². The first-order valence-electron chi connectivity index (χ1n) is 6.61. The molecule has 0 amide bonds. The highest BCUT2D eigenvalue weighted by molar-refractivity contribution is 5.65. The summed E-state index contributed by atoms with van der Waals surface area (Å²) in [6.45, 7) is 1.97. The van der Waals surface area contributed by atoms with Gasteiger partial charge in [-0.2, -0.15) is 0 Å². The van der Waals surface area contributed by atoms with Crippen molar-refractivity contribution in [1.82, 2.24) is 4.57 Å². The molecule has 0 aliphatic heterocycles. The van der Waals surface area contributed by atoms with E-state index < -0.39 is 0 Å². The van der Waals surface area contributed by atoms with Crippen LogP contribution in [0.3, 0.4) is 0 Å². The van der Waals surface area contributed by atoms with Crippen LogP contribution in [0.1, 0.15) is 25.3 Å². The minimum absolute atomic E-state index is 0.198. The second-order valence-electron chi connectivity index (χ2n) is 4.55. The smallest absolute Gasteiger partial charge is 0.302 e. The van der Waals surface area contributed by atoms with Crippen molar-refractivity contribution in [3.63, 3.8) is 0 Å². The third-order valence-corrected chi connectivity index (χ3v) is 3.00. The fourth-order valence-electron chi connectivity index (χ4n) is 1.99. The van der Waals surface area contributed by atoms with Crippen LogP contribution in [0.25, 0.3) is 5.69 Å². The van der Waals surface area contributed by atoms with Crippen molar-refractivity contribution >= 4 is 5.97 Å². The molecule has 1 aromatic carbocycles. The number of nitrogens with zero attached hydrogens (tertiary/aromatic N) is 1. The zero-order valence-electron chi connectivity index (χ0n) is 11.2. The fourth-order valence-corrected chi connectivity index (χ4v) is 1.99. The minimum Gasteiger partial charge on any atom is -0.466 e. The van der Waals surface area contributed by atoms with Gasteiger partial charge in [-0.25, -0.2) is 0 Å².